The Bertz CT molecular complexity index is 756. The van der Waals surface area contributed by atoms with E-state index in [0.717, 1.165) is 30.6 Å². The monoisotopic (exact) mass is 342 g/mol. The van der Waals surface area contributed by atoms with Gasteiger partial charge in [0.2, 0.25) is 5.91 Å². The fourth-order valence-electron chi connectivity index (χ4n) is 2.83. The van der Waals surface area contributed by atoms with Crippen LogP contribution in [0.5, 0.6) is 0 Å². The van der Waals surface area contributed by atoms with E-state index in [1.54, 1.807) is 13.0 Å². The van der Waals surface area contributed by atoms with Gasteiger partial charge in [-0.25, -0.2) is 4.79 Å². The Kier molecular flexibility index (Phi) is 5.33. The maximum Gasteiger partial charge on any atom is 0.315 e. The van der Waals surface area contributed by atoms with E-state index in [1.807, 2.05) is 29.2 Å². The standard InChI is InChI=1S/C18H22N4O3/c1-13-9-15(21-25-13)12-20-18(24)19-11-14-5-4-6-16(10-14)22-8-3-2-7-17(22)23/h4-6,9-10H,2-3,7-8,11-12H2,1H3,(H2,19,20,24). The lowest BCUT2D eigenvalue weighted by molar-refractivity contribution is -0.119. The van der Waals surface area contributed by atoms with Gasteiger partial charge in [0.05, 0.1) is 6.54 Å². The number of nitrogens with zero attached hydrogens (tertiary/aromatic N) is 2. The van der Waals surface area contributed by atoms with Crippen molar-refractivity contribution in [3.8, 4) is 0 Å². The lowest BCUT2D eigenvalue weighted by Crippen LogP contribution is -2.36. The van der Waals surface area contributed by atoms with Crippen molar-refractivity contribution in [2.24, 2.45) is 0 Å². The van der Waals surface area contributed by atoms with Crippen molar-refractivity contribution < 1.29 is 14.1 Å². The maximum absolute atomic E-state index is 12.0. The Morgan fingerprint density at radius 3 is 2.84 bits per heavy atom. The Morgan fingerprint density at radius 2 is 2.08 bits per heavy atom. The SMILES string of the molecule is Cc1cc(CNC(=O)NCc2cccc(N3CCCCC3=O)c2)no1. The van der Waals surface area contributed by atoms with Crippen molar-refractivity contribution >= 4 is 17.6 Å². The number of anilines is 1. The molecule has 0 aliphatic carbocycles. The molecular formula is C18H22N4O3. The molecule has 1 aromatic heterocycles. The van der Waals surface area contributed by atoms with Crippen molar-refractivity contribution in [1.29, 1.82) is 0 Å². The van der Waals surface area contributed by atoms with Crippen molar-refractivity contribution in [3.63, 3.8) is 0 Å². The van der Waals surface area contributed by atoms with E-state index in [4.69, 9.17) is 4.52 Å². The molecule has 0 radical (unpaired) electrons. The molecule has 0 atom stereocenters. The molecule has 1 aliphatic heterocycles. The number of nitrogens with one attached hydrogen (secondary N) is 2. The smallest absolute Gasteiger partial charge is 0.315 e. The number of amides is 3. The van der Waals surface area contributed by atoms with Gasteiger partial charge in [0.1, 0.15) is 11.5 Å². The van der Waals surface area contributed by atoms with E-state index in [-0.39, 0.29) is 11.9 Å². The molecule has 3 rings (SSSR count). The van der Waals surface area contributed by atoms with Crippen molar-refractivity contribution in [1.82, 2.24) is 15.8 Å². The molecular weight excluding hydrogens is 320 g/mol. The van der Waals surface area contributed by atoms with Crippen LogP contribution >= 0.6 is 0 Å². The van der Waals surface area contributed by atoms with Crippen LogP contribution in [-0.2, 0) is 17.9 Å². The molecule has 2 aromatic rings. The quantitative estimate of drug-likeness (QED) is 0.874. The summed E-state index contributed by atoms with van der Waals surface area (Å²) in [5, 5.41) is 9.36. The van der Waals surface area contributed by atoms with Crippen molar-refractivity contribution in [3.05, 3.63) is 47.3 Å². The molecule has 2 N–H and O–H groups in total. The van der Waals surface area contributed by atoms with Crippen LogP contribution in [0, 0.1) is 6.92 Å². The summed E-state index contributed by atoms with van der Waals surface area (Å²) in [4.78, 5) is 25.7. The van der Waals surface area contributed by atoms with E-state index in [0.29, 0.717) is 31.0 Å². The fraction of sp³-hybridized carbons (Fsp3) is 0.389. The predicted molar refractivity (Wildman–Crippen MR) is 93.0 cm³/mol. The Hall–Kier alpha value is -2.83. The van der Waals surface area contributed by atoms with Crippen LogP contribution in [-0.4, -0.2) is 23.6 Å². The molecule has 25 heavy (non-hydrogen) atoms. The van der Waals surface area contributed by atoms with Crippen LogP contribution in [0.15, 0.2) is 34.9 Å². The van der Waals surface area contributed by atoms with Gasteiger partial charge >= 0.3 is 6.03 Å². The van der Waals surface area contributed by atoms with Crippen molar-refractivity contribution in [2.75, 3.05) is 11.4 Å². The van der Waals surface area contributed by atoms with E-state index in [1.165, 1.54) is 0 Å². The molecule has 3 amide bonds. The summed E-state index contributed by atoms with van der Waals surface area (Å²) in [6.45, 7) is 3.26. The number of urea groups is 1. The van der Waals surface area contributed by atoms with Gasteiger partial charge < -0.3 is 20.1 Å². The minimum atomic E-state index is -0.278. The number of benzene rings is 1. The molecule has 1 saturated heterocycles. The molecule has 0 unspecified atom stereocenters. The highest BCUT2D eigenvalue weighted by Crippen LogP contribution is 2.21. The van der Waals surface area contributed by atoms with Gasteiger partial charge in [-0.15, -0.1) is 0 Å². The molecule has 0 spiro atoms. The highest BCUT2D eigenvalue weighted by Gasteiger charge is 2.19. The lowest BCUT2D eigenvalue weighted by atomic mass is 10.1. The Labute approximate surface area is 146 Å². The highest BCUT2D eigenvalue weighted by atomic mass is 16.5. The number of aromatic nitrogens is 1. The molecule has 1 aliphatic rings. The number of rotatable bonds is 5. The zero-order chi connectivity index (χ0) is 17.6. The summed E-state index contributed by atoms with van der Waals surface area (Å²) < 4.78 is 4.95. The van der Waals surface area contributed by atoms with Crippen LogP contribution in [0.2, 0.25) is 0 Å². The second kappa shape index (κ2) is 7.83. The van der Waals surface area contributed by atoms with Crippen LogP contribution in [0.1, 0.15) is 36.3 Å². The average Bonchev–Trinajstić information content (AvgIpc) is 3.04. The first-order valence-corrected chi connectivity index (χ1v) is 8.45. The first-order valence-electron chi connectivity index (χ1n) is 8.45. The molecule has 2 heterocycles. The number of hydrogen-bond acceptors (Lipinski definition) is 4. The summed E-state index contributed by atoms with van der Waals surface area (Å²) in [7, 11) is 0. The van der Waals surface area contributed by atoms with Crippen molar-refractivity contribution in [2.45, 2.75) is 39.3 Å². The van der Waals surface area contributed by atoms with E-state index < -0.39 is 0 Å². The molecule has 1 aromatic carbocycles. The third kappa shape index (κ3) is 4.59. The largest absolute Gasteiger partial charge is 0.361 e. The fourth-order valence-corrected chi connectivity index (χ4v) is 2.83. The van der Waals surface area contributed by atoms with Crippen LogP contribution in [0.3, 0.4) is 0 Å². The minimum absolute atomic E-state index is 0.164. The van der Waals surface area contributed by atoms with E-state index >= 15 is 0 Å². The second-order valence-corrected chi connectivity index (χ2v) is 6.14. The molecule has 7 heteroatoms. The number of piperidine rings is 1. The van der Waals surface area contributed by atoms with Crippen LogP contribution in [0.25, 0.3) is 0 Å². The molecule has 0 bridgehead atoms. The van der Waals surface area contributed by atoms with Gasteiger partial charge in [-0.1, -0.05) is 17.3 Å². The van der Waals surface area contributed by atoms with Crippen LogP contribution < -0.4 is 15.5 Å². The van der Waals surface area contributed by atoms with Gasteiger partial charge in [-0.05, 0) is 37.5 Å². The Balaban J connectivity index is 1.51. The topological polar surface area (TPSA) is 87.5 Å². The normalized spacial score (nSPS) is 14.4. The summed E-state index contributed by atoms with van der Waals surface area (Å²) in [5.74, 6) is 0.873. The number of carbonyl (C=O) groups excluding carboxylic acids is 2. The Morgan fingerprint density at radius 1 is 1.24 bits per heavy atom. The van der Waals surface area contributed by atoms with Gasteiger partial charge in [0.15, 0.2) is 0 Å². The van der Waals surface area contributed by atoms with E-state index in [9.17, 15) is 9.59 Å². The summed E-state index contributed by atoms with van der Waals surface area (Å²) in [6.07, 6.45) is 2.59. The van der Waals surface area contributed by atoms with Gasteiger partial charge in [0, 0.05) is 31.3 Å². The van der Waals surface area contributed by atoms with Gasteiger partial charge in [0.25, 0.3) is 0 Å². The zero-order valence-corrected chi connectivity index (χ0v) is 14.2. The lowest BCUT2D eigenvalue weighted by Gasteiger charge is -2.27. The number of carbonyl (C=O) groups is 2. The zero-order valence-electron chi connectivity index (χ0n) is 14.2. The first-order chi connectivity index (χ1) is 12.1. The highest BCUT2D eigenvalue weighted by molar-refractivity contribution is 5.94. The first kappa shape index (κ1) is 17.0. The van der Waals surface area contributed by atoms with Crippen LogP contribution in [0.4, 0.5) is 10.5 Å². The number of aryl methyl sites for hydroxylation is 1. The average molecular weight is 342 g/mol. The summed E-state index contributed by atoms with van der Waals surface area (Å²) in [6, 6.07) is 9.22. The molecule has 7 nitrogen and oxygen atoms in total. The third-order valence-corrected chi connectivity index (χ3v) is 4.11. The minimum Gasteiger partial charge on any atom is -0.361 e. The maximum atomic E-state index is 12.0. The van der Waals surface area contributed by atoms with Gasteiger partial charge in [-0.3, -0.25) is 4.79 Å². The number of hydrogen-bond donors (Lipinski definition) is 2. The second-order valence-electron chi connectivity index (χ2n) is 6.14. The van der Waals surface area contributed by atoms with E-state index in [2.05, 4.69) is 15.8 Å². The summed E-state index contributed by atoms with van der Waals surface area (Å²) >= 11 is 0. The predicted octanol–water partition coefficient (Wildman–Crippen LogP) is 2.50. The molecule has 1 fully saturated rings. The molecule has 132 valence electrons. The molecule has 0 saturated carbocycles. The van der Waals surface area contributed by atoms with Gasteiger partial charge in [-0.2, -0.15) is 0 Å². The summed E-state index contributed by atoms with van der Waals surface area (Å²) in [5.41, 5.74) is 2.52. The third-order valence-electron chi connectivity index (χ3n) is 4.11.